The molecule has 25 heavy (non-hydrogen) atoms. The van der Waals surface area contributed by atoms with Gasteiger partial charge in [0.2, 0.25) is 11.7 Å². The van der Waals surface area contributed by atoms with E-state index in [2.05, 4.69) is 20.1 Å². The Bertz CT molecular complexity index is 831. The van der Waals surface area contributed by atoms with Crippen molar-refractivity contribution in [2.24, 2.45) is 5.92 Å². The molecule has 3 aromatic rings. The Balaban J connectivity index is 1.41. The van der Waals surface area contributed by atoms with Gasteiger partial charge in [0.05, 0.1) is 12.5 Å². The van der Waals surface area contributed by atoms with Gasteiger partial charge in [0.1, 0.15) is 5.69 Å². The van der Waals surface area contributed by atoms with Crippen LogP contribution in [0.5, 0.6) is 0 Å². The van der Waals surface area contributed by atoms with E-state index in [1.807, 2.05) is 4.90 Å². The summed E-state index contributed by atoms with van der Waals surface area (Å²) in [7, 11) is 0. The summed E-state index contributed by atoms with van der Waals surface area (Å²) in [6, 6.07) is 3.41. The van der Waals surface area contributed by atoms with Crippen molar-refractivity contribution in [1.82, 2.24) is 25.0 Å². The summed E-state index contributed by atoms with van der Waals surface area (Å²) in [6.07, 6.45) is 8.89. The minimum absolute atomic E-state index is 0.0690. The number of hydrogen-bond acceptors (Lipinski definition) is 7. The number of carbonyl (C=O) groups is 1. The van der Waals surface area contributed by atoms with Crippen LogP contribution < -0.4 is 0 Å². The molecule has 0 radical (unpaired) electrons. The van der Waals surface area contributed by atoms with E-state index in [0.717, 1.165) is 19.4 Å². The molecule has 1 aliphatic heterocycles. The van der Waals surface area contributed by atoms with Gasteiger partial charge in [0.25, 0.3) is 5.91 Å². The van der Waals surface area contributed by atoms with E-state index in [-0.39, 0.29) is 11.8 Å². The molecular formula is C17H17N5O3. The molecule has 128 valence electrons. The van der Waals surface area contributed by atoms with Crippen molar-refractivity contribution in [2.75, 3.05) is 13.1 Å². The fraction of sp³-hybridized carbons (Fsp3) is 0.353. The quantitative estimate of drug-likeness (QED) is 0.718. The second-order valence-corrected chi connectivity index (χ2v) is 6.04. The highest BCUT2D eigenvalue weighted by Gasteiger charge is 2.27. The van der Waals surface area contributed by atoms with Gasteiger partial charge in [0.15, 0.2) is 5.76 Å². The first kappa shape index (κ1) is 15.5. The first-order valence-corrected chi connectivity index (χ1v) is 8.21. The summed E-state index contributed by atoms with van der Waals surface area (Å²) >= 11 is 0. The molecule has 4 heterocycles. The first-order chi connectivity index (χ1) is 12.3. The van der Waals surface area contributed by atoms with Crippen molar-refractivity contribution in [3.8, 4) is 11.5 Å². The monoisotopic (exact) mass is 339 g/mol. The molecule has 0 bridgehead atoms. The van der Waals surface area contributed by atoms with E-state index in [1.54, 1.807) is 30.7 Å². The van der Waals surface area contributed by atoms with Crippen LogP contribution in [0.4, 0.5) is 0 Å². The largest absolute Gasteiger partial charge is 0.459 e. The molecule has 1 fully saturated rings. The van der Waals surface area contributed by atoms with Crippen LogP contribution in [0.1, 0.15) is 29.3 Å². The van der Waals surface area contributed by atoms with Gasteiger partial charge >= 0.3 is 0 Å². The maximum Gasteiger partial charge on any atom is 0.289 e. The maximum absolute atomic E-state index is 12.4. The molecule has 8 heteroatoms. The number of amides is 1. The highest BCUT2D eigenvalue weighted by Crippen LogP contribution is 2.23. The molecule has 4 rings (SSSR count). The van der Waals surface area contributed by atoms with E-state index < -0.39 is 0 Å². The topological polar surface area (TPSA) is 98.2 Å². The molecule has 3 aromatic heterocycles. The van der Waals surface area contributed by atoms with Gasteiger partial charge < -0.3 is 13.8 Å². The molecule has 1 amide bonds. The molecule has 0 aliphatic carbocycles. The van der Waals surface area contributed by atoms with Gasteiger partial charge in [-0.1, -0.05) is 5.16 Å². The zero-order valence-corrected chi connectivity index (χ0v) is 13.5. The molecule has 0 aromatic carbocycles. The van der Waals surface area contributed by atoms with Gasteiger partial charge in [-0.15, -0.1) is 0 Å². The van der Waals surface area contributed by atoms with E-state index in [1.165, 1.54) is 6.26 Å². The van der Waals surface area contributed by atoms with E-state index in [9.17, 15) is 4.79 Å². The molecular weight excluding hydrogens is 322 g/mol. The Kier molecular flexibility index (Phi) is 4.24. The number of likely N-dealkylation sites (tertiary alicyclic amines) is 1. The SMILES string of the molecule is O=C(c1ccco1)N1CCC[C@@H](Cc2nc(-c3cnccn3)no2)C1. The molecule has 1 atom stereocenters. The second-order valence-electron chi connectivity index (χ2n) is 6.04. The Morgan fingerprint density at radius 3 is 3.12 bits per heavy atom. The zero-order chi connectivity index (χ0) is 17.1. The van der Waals surface area contributed by atoms with Gasteiger partial charge in [-0.2, -0.15) is 4.98 Å². The summed E-state index contributed by atoms with van der Waals surface area (Å²) < 4.78 is 10.5. The zero-order valence-electron chi connectivity index (χ0n) is 13.5. The average molecular weight is 339 g/mol. The lowest BCUT2D eigenvalue weighted by Gasteiger charge is -2.31. The molecule has 0 spiro atoms. The minimum Gasteiger partial charge on any atom is -0.459 e. The summed E-state index contributed by atoms with van der Waals surface area (Å²) in [5.41, 5.74) is 0.579. The third-order valence-electron chi connectivity index (χ3n) is 4.26. The number of aromatic nitrogens is 4. The Hall–Kier alpha value is -3.03. The van der Waals surface area contributed by atoms with Crippen molar-refractivity contribution in [3.05, 3.63) is 48.6 Å². The van der Waals surface area contributed by atoms with Crippen molar-refractivity contribution >= 4 is 5.91 Å². The lowest BCUT2D eigenvalue weighted by atomic mass is 9.94. The van der Waals surface area contributed by atoms with Crippen LogP contribution in [-0.2, 0) is 6.42 Å². The summed E-state index contributed by atoms with van der Waals surface area (Å²) in [4.78, 5) is 26.8. The number of carbonyl (C=O) groups excluding carboxylic acids is 1. The molecule has 8 nitrogen and oxygen atoms in total. The smallest absolute Gasteiger partial charge is 0.289 e. The first-order valence-electron chi connectivity index (χ1n) is 8.21. The fourth-order valence-electron chi connectivity index (χ4n) is 3.08. The summed E-state index contributed by atoms with van der Waals surface area (Å²) in [5, 5.41) is 3.96. The van der Waals surface area contributed by atoms with Crippen LogP contribution in [0.3, 0.4) is 0 Å². The highest BCUT2D eigenvalue weighted by molar-refractivity contribution is 5.91. The maximum atomic E-state index is 12.4. The van der Waals surface area contributed by atoms with E-state index >= 15 is 0 Å². The normalized spacial score (nSPS) is 17.6. The third kappa shape index (κ3) is 3.42. The Labute approximate surface area is 143 Å². The van der Waals surface area contributed by atoms with Crippen LogP contribution in [-0.4, -0.2) is 44.0 Å². The summed E-state index contributed by atoms with van der Waals surface area (Å²) in [6.45, 7) is 1.40. The molecule has 1 aliphatic rings. The molecule has 1 saturated heterocycles. The molecule has 0 saturated carbocycles. The van der Waals surface area contributed by atoms with Crippen molar-refractivity contribution < 1.29 is 13.7 Å². The average Bonchev–Trinajstić information content (AvgIpc) is 3.34. The van der Waals surface area contributed by atoms with Crippen molar-refractivity contribution in [3.63, 3.8) is 0 Å². The van der Waals surface area contributed by atoms with Crippen LogP contribution in [0, 0.1) is 5.92 Å². The Morgan fingerprint density at radius 2 is 2.32 bits per heavy atom. The van der Waals surface area contributed by atoms with Crippen LogP contribution >= 0.6 is 0 Å². The third-order valence-corrected chi connectivity index (χ3v) is 4.26. The van der Waals surface area contributed by atoms with Gasteiger partial charge in [-0.25, -0.2) is 4.98 Å². The van der Waals surface area contributed by atoms with Gasteiger partial charge in [0, 0.05) is 31.9 Å². The number of nitrogens with zero attached hydrogens (tertiary/aromatic N) is 5. The Morgan fingerprint density at radius 1 is 1.36 bits per heavy atom. The number of furan rings is 1. The van der Waals surface area contributed by atoms with Crippen LogP contribution in [0.2, 0.25) is 0 Å². The number of hydrogen-bond donors (Lipinski definition) is 0. The lowest BCUT2D eigenvalue weighted by molar-refractivity contribution is 0.0636. The van der Waals surface area contributed by atoms with Gasteiger partial charge in [-0.3, -0.25) is 9.78 Å². The fourth-order valence-corrected chi connectivity index (χ4v) is 3.08. The number of rotatable bonds is 4. The van der Waals surface area contributed by atoms with Crippen LogP contribution in [0.15, 0.2) is 45.9 Å². The highest BCUT2D eigenvalue weighted by atomic mass is 16.5. The van der Waals surface area contributed by atoms with E-state index in [4.69, 9.17) is 8.94 Å². The van der Waals surface area contributed by atoms with Crippen molar-refractivity contribution in [2.45, 2.75) is 19.3 Å². The minimum atomic E-state index is -0.0690. The standard InChI is InChI=1S/C17H17N5O3/c23-17(14-4-2-8-24-14)22-7-1-3-12(11-22)9-15-20-16(21-25-15)13-10-18-5-6-19-13/h2,4-6,8,10,12H,1,3,7,9,11H2/t12-/m0/s1. The molecule has 0 unspecified atom stereocenters. The second kappa shape index (κ2) is 6.84. The number of piperidine rings is 1. The summed E-state index contributed by atoms with van der Waals surface area (Å²) in [5.74, 6) is 1.58. The van der Waals surface area contributed by atoms with E-state index in [0.29, 0.717) is 36.1 Å². The predicted molar refractivity (Wildman–Crippen MR) is 86.4 cm³/mol. The predicted octanol–water partition coefficient (Wildman–Crippen LogP) is 2.21. The lowest BCUT2D eigenvalue weighted by Crippen LogP contribution is -2.40. The van der Waals surface area contributed by atoms with Crippen LogP contribution in [0.25, 0.3) is 11.5 Å². The molecule has 0 N–H and O–H groups in total. The van der Waals surface area contributed by atoms with Crippen molar-refractivity contribution in [1.29, 1.82) is 0 Å². The van der Waals surface area contributed by atoms with Gasteiger partial charge in [-0.05, 0) is 30.9 Å².